The first kappa shape index (κ1) is 14.0. The number of nitrogens with zero attached hydrogens (tertiary/aromatic N) is 2. The van der Waals surface area contributed by atoms with Crippen molar-refractivity contribution in [3.8, 4) is 0 Å². The Hall–Kier alpha value is -1.40. The predicted octanol–water partition coefficient (Wildman–Crippen LogP) is 0.994. The normalized spacial score (nSPS) is 16.3. The first-order valence-corrected chi connectivity index (χ1v) is 6.89. The van der Waals surface area contributed by atoms with E-state index in [1.807, 2.05) is 13.0 Å². The molecule has 2 rings (SSSR count). The largest absolute Gasteiger partial charge is 0.381 e. The zero-order valence-corrected chi connectivity index (χ0v) is 11.5. The van der Waals surface area contributed by atoms with E-state index in [0.717, 1.165) is 56.6 Å². The number of aromatic nitrogens is 2. The first-order chi connectivity index (χ1) is 9.28. The van der Waals surface area contributed by atoms with Crippen LogP contribution >= 0.6 is 0 Å². The first-order valence-electron chi connectivity index (χ1n) is 6.89. The van der Waals surface area contributed by atoms with E-state index in [1.165, 1.54) is 0 Å². The highest BCUT2D eigenvalue weighted by Gasteiger charge is 2.13. The minimum Gasteiger partial charge on any atom is -0.381 e. The molecule has 0 aliphatic carbocycles. The summed E-state index contributed by atoms with van der Waals surface area (Å²) < 4.78 is 5.36. The van der Waals surface area contributed by atoms with Crippen molar-refractivity contribution in [1.29, 1.82) is 0 Å². The topological polar surface area (TPSA) is 85.1 Å². The minimum atomic E-state index is 0.591. The van der Waals surface area contributed by atoms with Gasteiger partial charge in [-0.15, -0.1) is 0 Å². The van der Waals surface area contributed by atoms with Gasteiger partial charge in [0.1, 0.15) is 17.5 Å². The maximum atomic E-state index is 5.48. The van der Waals surface area contributed by atoms with E-state index in [9.17, 15) is 0 Å². The summed E-state index contributed by atoms with van der Waals surface area (Å²) in [6, 6.07) is 1.93. The van der Waals surface area contributed by atoms with E-state index in [-0.39, 0.29) is 0 Å². The molecule has 1 aliphatic rings. The van der Waals surface area contributed by atoms with Gasteiger partial charge in [0.15, 0.2) is 0 Å². The molecule has 1 fully saturated rings. The van der Waals surface area contributed by atoms with Crippen LogP contribution in [0.4, 0.5) is 11.6 Å². The van der Waals surface area contributed by atoms with Crippen LogP contribution in [0.5, 0.6) is 0 Å². The third kappa shape index (κ3) is 4.65. The number of hydrogen-bond donors (Lipinski definition) is 3. The van der Waals surface area contributed by atoms with Gasteiger partial charge in [-0.05, 0) is 25.7 Å². The van der Waals surface area contributed by atoms with Gasteiger partial charge in [0.2, 0.25) is 0 Å². The smallest absolute Gasteiger partial charge is 0.131 e. The average Bonchev–Trinajstić information content (AvgIpc) is 2.43. The molecule has 0 radical (unpaired) electrons. The molecule has 6 heteroatoms. The maximum Gasteiger partial charge on any atom is 0.131 e. The third-order valence-electron chi connectivity index (χ3n) is 3.20. The van der Waals surface area contributed by atoms with E-state index in [2.05, 4.69) is 20.6 Å². The van der Waals surface area contributed by atoms with Crippen LogP contribution in [-0.4, -0.2) is 42.8 Å². The molecule has 1 saturated heterocycles. The zero-order valence-electron chi connectivity index (χ0n) is 11.5. The van der Waals surface area contributed by atoms with E-state index >= 15 is 0 Å². The fourth-order valence-electron chi connectivity index (χ4n) is 2.15. The van der Waals surface area contributed by atoms with Gasteiger partial charge in [-0.2, -0.15) is 0 Å². The Bertz CT molecular complexity index is 393. The van der Waals surface area contributed by atoms with Gasteiger partial charge in [-0.3, -0.25) is 0 Å². The van der Waals surface area contributed by atoms with Crippen LogP contribution in [0, 0.1) is 12.8 Å². The standard InChI is InChI=1S/C13H23N5O/c1-10-17-12(15-5-4-14)8-13(18-10)16-9-11-2-6-19-7-3-11/h8,11H,2-7,9,14H2,1H3,(H2,15,16,17,18). The maximum absolute atomic E-state index is 5.48. The van der Waals surface area contributed by atoms with Crippen LogP contribution in [0.1, 0.15) is 18.7 Å². The van der Waals surface area contributed by atoms with Crippen LogP contribution in [0.2, 0.25) is 0 Å². The monoisotopic (exact) mass is 265 g/mol. The molecule has 6 nitrogen and oxygen atoms in total. The van der Waals surface area contributed by atoms with Gasteiger partial charge in [-0.1, -0.05) is 0 Å². The number of aryl methyl sites for hydroxylation is 1. The second-order valence-corrected chi connectivity index (χ2v) is 4.84. The lowest BCUT2D eigenvalue weighted by Crippen LogP contribution is -2.23. The number of anilines is 2. The molecule has 1 aromatic heterocycles. The molecule has 2 heterocycles. The molecule has 106 valence electrons. The van der Waals surface area contributed by atoms with Crippen LogP contribution in [0.25, 0.3) is 0 Å². The van der Waals surface area contributed by atoms with Crippen molar-refractivity contribution in [2.24, 2.45) is 11.7 Å². The number of ether oxygens (including phenoxy) is 1. The third-order valence-corrected chi connectivity index (χ3v) is 3.20. The summed E-state index contributed by atoms with van der Waals surface area (Å²) in [5, 5.41) is 6.57. The lowest BCUT2D eigenvalue weighted by Gasteiger charge is -2.22. The van der Waals surface area contributed by atoms with Crippen LogP contribution in [0.3, 0.4) is 0 Å². The Labute approximate surface area is 114 Å². The predicted molar refractivity (Wildman–Crippen MR) is 76.3 cm³/mol. The fraction of sp³-hybridized carbons (Fsp3) is 0.692. The summed E-state index contributed by atoms with van der Waals surface area (Å²) in [6.07, 6.45) is 2.24. The van der Waals surface area contributed by atoms with Crippen molar-refractivity contribution >= 4 is 11.6 Å². The lowest BCUT2D eigenvalue weighted by molar-refractivity contribution is 0.0699. The highest BCUT2D eigenvalue weighted by Crippen LogP contribution is 2.16. The molecule has 19 heavy (non-hydrogen) atoms. The van der Waals surface area contributed by atoms with Crippen molar-refractivity contribution < 1.29 is 4.74 Å². The molecule has 0 saturated carbocycles. The van der Waals surface area contributed by atoms with Gasteiger partial charge in [0.05, 0.1) is 0 Å². The number of nitrogens with one attached hydrogen (secondary N) is 2. The van der Waals surface area contributed by atoms with E-state index in [4.69, 9.17) is 10.5 Å². The Morgan fingerprint density at radius 3 is 2.63 bits per heavy atom. The molecule has 0 spiro atoms. The van der Waals surface area contributed by atoms with Crippen molar-refractivity contribution in [3.63, 3.8) is 0 Å². The second kappa shape index (κ2) is 7.25. The van der Waals surface area contributed by atoms with E-state index in [0.29, 0.717) is 12.5 Å². The Kier molecular flexibility index (Phi) is 5.35. The number of hydrogen-bond acceptors (Lipinski definition) is 6. The Morgan fingerprint density at radius 1 is 1.26 bits per heavy atom. The molecule has 0 aromatic carbocycles. The molecule has 0 atom stereocenters. The van der Waals surface area contributed by atoms with Gasteiger partial charge in [0.25, 0.3) is 0 Å². The van der Waals surface area contributed by atoms with Crippen LogP contribution < -0.4 is 16.4 Å². The molecular weight excluding hydrogens is 242 g/mol. The van der Waals surface area contributed by atoms with Crippen molar-refractivity contribution in [1.82, 2.24) is 9.97 Å². The summed E-state index contributed by atoms with van der Waals surface area (Å²) in [7, 11) is 0. The van der Waals surface area contributed by atoms with Gasteiger partial charge in [0, 0.05) is 38.9 Å². The Balaban J connectivity index is 1.89. The van der Waals surface area contributed by atoms with Crippen molar-refractivity contribution in [2.75, 3.05) is 43.5 Å². The second-order valence-electron chi connectivity index (χ2n) is 4.84. The van der Waals surface area contributed by atoms with Crippen LogP contribution in [0.15, 0.2) is 6.07 Å². The minimum absolute atomic E-state index is 0.591. The summed E-state index contributed by atoms with van der Waals surface area (Å²) >= 11 is 0. The molecule has 0 bridgehead atoms. The summed E-state index contributed by atoms with van der Waals surface area (Å²) in [4.78, 5) is 8.73. The molecule has 4 N–H and O–H groups in total. The van der Waals surface area contributed by atoms with Crippen LogP contribution in [-0.2, 0) is 4.74 Å². The van der Waals surface area contributed by atoms with Crippen molar-refractivity contribution in [3.05, 3.63) is 11.9 Å². The quantitative estimate of drug-likeness (QED) is 0.711. The molecular formula is C13H23N5O. The number of rotatable bonds is 6. The van der Waals surface area contributed by atoms with Gasteiger partial charge < -0.3 is 21.1 Å². The van der Waals surface area contributed by atoms with Gasteiger partial charge >= 0.3 is 0 Å². The lowest BCUT2D eigenvalue weighted by atomic mass is 10.0. The van der Waals surface area contributed by atoms with Gasteiger partial charge in [-0.25, -0.2) is 9.97 Å². The molecule has 1 aliphatic heterocycles. The summed E-state index contributed by atoms with van der Waals surface area (Å²) in [5.74, 6) is 3.13. The summed E-state index contributed by atoms with van der Waals surface area (Å²) in [6.45, 7) is 5.89. The van der Waals surface area contributed by atoms with E-state index < -0.39 is 0 Å². The number of nitrogens with two attached hydrogens (primary N) is 1. The fourth-order valence-corrected chi connectivity index (χ4v) is 2.15. The highest BCUT2D eigenvalue weighted by atomic mass is 16.5. The van der Waals surface area contributed by atoms with E-state index in [1.54, 1.807) is 0 Å². The SMILES string of the molecule is Cc1nc(NCCN)cc(NCC2CCOCC2)n1. The summed E-state index contributed by atoms with van der Waals surface area (Å²) in [5.41, 5.74) is 5.48. The molecule has 1 aromatic rings. The Morgan fingerprint density at radius 2 is 1.95 bits per heavy atom. The molecule has 0 unspecified atom stereocenters. The molecule has 0 amide bonds. The zero-order chi connectivity index (χ0) is 13.5. The average molecular weight is 265 g/mol. The highest BCUT2D eigenvalue weighted by molar-refractivity contribution is 5.47. The van der Waals surface area contributed by atoms with Crippen molar-refractivity contribution in [2.45, 2.75) is 19.8 Å².